The number of carbonyl (C=O) groups is 2. The lowest BCUT2D eigenvalue weighted by atomic mass is 10.1. The zero-order valence-corrected chi connectivity index (χ0v) is 13.4. The molecule has 7 nitrogen and oxygen atoms in total. The Kier molecular flexibility index (Phi) is 4.44. The molecule has 1 amide bonds. The molecule has 1 aromatic rings. The molecular weight excluding hydrogens is 288 g/mol. The zero-order valence-electron chi connectivity index (χ0n) is 13.4. The Bertz CT molecular complexity index is 573. The Labute approximate surface area is 129 Å². The van der Waals surface area contributed by atoms with Gasteiger partial charge >= 0.3 is 12.1 Å². The number of carbonyl (C=O) groups excluding carboxylic acids is 1. The van der Waals surface area contributed by atoms with Gasteiger partial charge in [0.1, 0.15) is 5.60 Å². The number of nitrogens with zero attached hydrogens (tertiary/aromatic N) is 2. The average Bonchev–Trinajstić information content (AvgIpc) is 3.03. The summed E-state index contributed by atoms with van der Waals surface area (Å²) >= 11 is 0. The van der Waals surface area contributed by atoms with Crippen LogP contribution >= 0.6 is 0 Å². The van der Waals surface area contributed by atoms with Crippen LogP contribution in [0.25, 0.3) is 0 Å². The maximum Gasteiger partial charge on any atom is 0.410 e. The standard InChI is InChI=1S/C15H22N2O5/c1-5-10-11(13(18)19)21-12(16-10)9-6-7-17(8-9)14(20)22-15(2,3)4/h9H,5-8H2,1-4H3,(H,18,19)/t9-/m1/s1. The van der Waals surface area contributed by atoms with E-state index in [1.165, 1.54) is 0 Å². The van der Waals surface area contributed by atoms with E-state index in [2.05, 4.69) is 4.98 Å². The Morgan fingerprint density at radius 1 is 1.45 bits per heavy atom. The normalized spacial score (nSPS) is 18.5. The fourth-order valence-electron chi connectivity index (χ4n) is 2.41. The largest absolute Gasteiger partial charge is 0.475 e. The van der Waals surface area contributed by atoms with E-state index in [-0.39, 0.29) is 17.8 Å². The van der Waals surface area contributed by atoms with Crippen LogP contribution in [0.4, 0.5) is 4.79 Å². The molecule has 2 heterocycles. The first kappa shape index (κ1) is 16.3. The van der Waals surface area contributed by atoms with E-state index >= 15 is 0 Å². The van der Waals surface area contributed by atoms with Crippen LogP contribution in [0.3, 0.4) is 0 Å². The summed E-state index contributed by atoms with van der Waals surface area (Å²) in [5, 5.41) is 9.10. The van der Waals surface area contributed by atoms with Crippen molar-refractivity contribution in [3.63, 3.8) is 0 Å². The van der Waals surface area contributed by atoms with Crippen LogP contribution in [-0.4, -0.2) is 45.7 Å². The second-order valence-electron chi connectivity index (χ2n) is 6.40. The number of hydrogen-bond acceptors (Lipinski definition) is 5. The van der Waals surface area contributed by atoms with Crippen LogP contribution in [0.15, 0.2) is 4.42 Å². The maximum atomic E-state index is 12.0. The number of ether oxygens (including phenoxy) is 1. The van der Waals surface area contributed by atoms with E-state index in [1.54, 1.807) is 4.90 Å². The van der Waals surface area contributed by atoms with Gasteiger partial charge in [-0.25, -0.2) is 14.6 Å². The number of likely N-dealkylation sites (tertiary alicyclic amines) is 1. The van der Waals surface area contributed by atoms with Crippen LogP contribution in [0.1, 0.15) is 62.2 Å². The Morgan fingerprint density at radius 2 is 2.14 bits per heavy atom. The molecule has 1 atom stereocenters. The monoisotopic (exact) mass is 310 g/mol. The number of carboxylic acids is 1. The Hall–Kier alpha value is -2.05. The molecule has 1 aliphatic heterocycles. The first-order valence-electron chi connectivity index (χ1n) is 7.42. The van der Waals surface area contributed by atoms with Crippen molar-refractivity contribution >= 4 is 12.1 Å². The van der Waals surface area contributed by atoms with Crippen molar-refractivity contribution in [2.75, 3.05) is 13.1 Å². The van der Waals surface area contributed by atoms with E-state index in [9.17, 15) is 9.59 Å². The number of oxazole rings is 1. The van der Waals surface area contributed by atoms with Crippen LogP contribution < -0.4 is 0 Å². The summed E-state index contributed by atoms with van der Waals surface area (Å²) in [7, 11) is 0. The number of aromatic nitrogens is 1. The Balaban J connectivity index is 2.07. The number of rotatable bonds is 3. The molecule has 1 saturated heterocycles. The molecule has 122 valence electrons. The highest BCUT2D eigenvalue weighted by Gasteiger charge is 2.34. The summed E-state index contributed by atoms with van der Waals surface area (Å²) in [5.41, 5.74) is -0.0949. The van der Waals surface area contributed by atoms with Crippen molar-refractivity contribution in [1.82, 2.24) is 9.88 Å². The van der Waals surface area contributed by atoms with Gasteiger partial charge < -0.3 is 19.2 Å². The minimum absolute atomic E-state index is 0.0917. The molecular formula is C15H22N2O5. The number of hydrogen-bond donors (Lipinski definition) is 1. The van der Waals surface area contributed by atoms with Gasteiger partial charge in [0, 0.05) is 13.1 Å². The average molecular weight is 310 g/mol. The molecule has 0 aliphatic carbocycles. The lowest BCUT2D eigenvalue weighted by molar-refractivity contribution is 0.0291. The van der Waals surface area contributed by atoms with E-state index in [4.69, 9.17) is 14.3 Å². The van der Waals surface area contributed by atoms with E-state index in [0.29, 0.717) is 37.5 Å². The predicted octanol–water partition coefficient (Wildman–Crippen LogP) is 2.66. The summed E-state index contributed by atoms with van der Waals surface area (Å²) in [6, 6.07) is 0. The van der Waals surface area contributed by atoms with Crippen molar-refractivity contribution in [2.24, 2.45) is 0 Å². The quantitative estimate of drug-likeness (QED) is 0.922. The van der Waals surface area contributed by atoms with Crippen molar-refractivity contribution in [3.05, 3.63) is 17.3 Å². The van der Waals surface area contributed by atoms with Crippen molar-refractivity contribution in [2.45, 2.75) is 52.1 Å². The second-order valence-corrected chi connectivity index (χ2v) is 6.40. The summed E-state index contributed by atoms with van der Waals surface area (Å²) < 4.78 is 10.7. The summed E-state index contributed by atoms with van der Waals surface area (Å²) in [6.45, 7) is 8.26. The smallest absolute Gasteiger partial charge is 0.410 e. The summed E-state index contributed by atoms with van der Waals surface area (Å²) in [5.74, 6) is -0.919. The highest BCUT2D eigenvalue weighted by Crippen LogP contribution is 2.29. The summed E-state index contributed by atoms with van der Waals surface area (Å²) in [6.07, 6.45) is 0.811. The van der Waals surface area contributed by atoms with Gasteiger partial charge in [0.15, 0.2) is 0 Å². The Morgan fingerprint density at radius 3 is 2.64 bits per heavy atom. The molecule has 22 heavy (non-hydrogen) atoms. The van der Waals surface area contributed by atoms with E-state index in [1.807, 2.05) is 27.7 Å². The molecule has 0 radical (unpaired) electrons. The minimum atomic E-state index is -1.11. The third-order valence-corrected chi connectivity index (χ3v) is 3.43. The van der Waals surface area contributed by atoms with Gasteiger partial charge in [0.05, 0.1) is 11.6 Å². The van der Waals surface area contributed by atoms with Gasteiger partial charge in [-0.05, 0) is 33.6 Å². The number of amides is 1. The molecule has 0 saturated carbocycles. The summed E-state index contributed by atoms with van der Waals surface area (Å²) in [4.78, 5) is 29.0. The second kappa shape index (κ2) is 5.98. The molecule has 7 heteroatoms. The lowest BCUT2D eigenvalue weighted by Gasteiger charge is -2.24. The van der Waals surface area contributed by atoms with Crippen LogP contribution in [0.2, 0.25) is 0 Å². The topological polar surface area (TPSA) is 92.9 Å². The number of aromatic carboxylic acids is 1. The first-order chi connectivity index (χ1) is 10.2. The molecule has 2 rings (SSSR count). The molecule has 1 fully saturated rings. The van der Waals surface area contributed by atoms with Gasteiger partial charge in [-0.15, -0.1) is 0 Å². The van der Waals surface area contributed by atoms with Crippen molar-refractivity contribution in [1.29, 1.82) is 0 Å². The van der Waals surface area contributed by atoms with Crippen molar-refractivity contribution < 1.29 is 23.8 Å². The fourth-order valence-corrected chi connectivity index (χ4v) is 2.41. The third kappa shape index (κ3) is 3.58. The SMILES string of the molecule is CCc1nc([C@@H]2CCN(C(=O)OC(C)(C)C)C2)oc1C(=O)O. The van der Waals surface area contributed by atoms with Crippen LogP contribution in [-0.2, 0) is 11.2 Å². The van der Waals surface area contributed by atoms with Gasteiger partial charge in [0.2, 0.25) is 11.7 Å². The van der Waals surface area contributed by atoms with Gasteiger partial charge in [-0.1, -0.05) is 6.92 Å². The van der Waals surface area contributed by atoms with Crippen molar-refractivity contribution in [3.8, 4) is 0 Å². The molecule has 1 aliphatic rings. The highest BCUT2D eigenvalue weighted by atomic mass is 16.6. The first-order valence-corrected chi connectivity index (χ1v) is 7.42. The molecule has 0 bridgehead atoms. The van der Waals surface area contributed by atoms with Gasteiger partial charge in [-0.2, -0.15) is 0 Å². The maximum absolute atomic E-state index is 12.0. The number of aryl methyl sites for hydroxylation is 1. The van der Waals surface area contributed by atoms with E-state index < -0.39 is 11.6 Å². The van der Waals surface area contributed by atoms with Gasteiger partial charge in [0.25, 0.3) is 0 Å². The number of carboxylic acid groups (broad SMARTS) is 1. The minimum Gasteiger partial charge on any atom is -0.475 e. The third-order valence-electron chi connectivity index (χ3n) is 3.43. The predicted molar refractivity (Wildman–Crippen MR) is 78.0 cm³/mol. The molecule has 1 aromatic heterocycles. The van der Waals surface area contributed by atoms with Gasteiger partial charge in [-0.3, -0.25) is 0 Å². The molecule has 1 N–H and O–H groups in total. The van der Waals surface area contributed by atoms with E-state index in [0.717, 1.165) is 0 Å². The molecule has 0 unspecified atom stereocenters. The molecule has 0 spiro atoms. The fraction of sp³-hybridized carbons (Fsp3) is 0.667. The zero-order chi connectivity index (χ0) is 16.5. The highest BCUT2D eigenvalue weighted by molar-refractivity contribution is 5.85. The van der Waals surface area contributed by atoms with Crippen LogP contribution in [0.5, 0.6) is 0 Å². The molecule has 0 aromatic carbocycles. The lowest BCUT2D eigenvalue weighted by Crippen LogP contribution is -2.35. The van der Waals surface area contributed by atoms with Crippen LogP contribution in [0, 0.1) is 0 Å².